The molecule has 1 saturated heterocycles. The molecule has 142 valence electrons. The van der Waals surface area contributed by atoms with Crippen molar-refractivity contribution >= 4 is 23.6 Å². The van der Waals surface area contributed by atoms with E-state index in [9.17, 15) is 9.50 Å². The van der Waals surface area contributed by atoms with E-state index >= 15 is 0 Å². The number of hydrogen-bond donors (Lipinski definition) is 2. The first-order chi connectivity index (χ1) is 11.7. The van der Waals surface area contributed by atoms with E-state index in [1.807, 2.05) is 41.5 Å². The summed E-state index contributed by atoms with van der Waals surface area (Å²) in [7, 11) is -0.662. The van der Waals surface area contributed by atoms with E-state index in [1.54, 1.807) is 13.8 Å². The van der Waals surface area contributed by atoms with Crippen LogP contribution in [0.4, 0.5) is 4.39 Å². The van der Waals surface area contributed by atoms with Gasteiger partial charge < -0.3 is 19.4 Å². The number of benzene rings is 1. The van der Waals surface area contributed by atoms with Crippen LogP contribution in [0.2, 0.25) is 0 Å². The molecule has 1 aliphatic rings. The van der Waals surface area contributed by atoms with Crippen molar-refractivity contribution in [2.24, 2.45) is 0 Å². The minimum Gasteiger partial charge on any atom is -0.399 e. The third-order valence-electron chi connectivity index (χ3n) is 5.46. The van der Waals surface area contributed by atoms with Gasteiger partial charge in [-0.1, -0.05) is 13.8 Å². The van der Waals surface area contributed by atoms with Gasteiger partial charge in [-0.2, -0.15) is 0 Å². The lowest BCUT2D eigenvalue weighted by Crippen LogP contribution is -2.41. The number of halogens is 1. The molecule has 5 nitrogen and oxygen atoms in total. The van der Waals surface area contributed by atoms with Gasteiger partial charge in [0.15, 0.2) is 5.82 Å². The molecule has 7 heteroatoms. The Balaban J connectivity index is 2.22. The van der Waals surface area contributed by atoms with Crippen LogP contribution in [0.15, 0.2) is 6.07 Å². The Morgan fingerprint density at radius 3 is 2.19 bits per heavy atom. The van der Waals surface area contributed by atoms with E-state index in [2.05, 4.69) is 9.97 Å². The summed E-state index contributed by atoms with van der Waals surface area (Å²) in [5, 5.41) is 10.3. The number of rotatable bonds is 3. The van der Waals surface area contributed by atoms with Gasteiger partial charge in [0.05, 0.1) is 16.7 Å². The van der Waals surface area contributed by atoms with Gasteiger partial charge >= 0.3 is 7.12 Å². The van der Waals surface area contributed by atoms with Crippen molar-refractivity contribution in [2.45, 2.75) is 78.1 Å². The van der Waals surface area contributed by atoms with E-state index < -0.39 is 29.7 Å². The Morgan fingerprint density at radius 1 is 1.19 bits per heavy atom. The lowest BCUT2D eigenvalue weighted by Gasteiger charge is -2.32. The first-order valence-corrected chi connectivity index (χ1v) is 9.05. The first kappa shape index (κ1) is 19.3. The van der Waals surface area contributed by atoms with Crippen LogP contribution in [0.5, 0.6) is 0 Å². The van der Waals surface area contributed by atoms with Crippen LogP contribution in [0.3, 0.4) is 0 Å². The van der Waals surface area contributed by atoms with E-state index in [-0.39, 0.29) is 11.4 Å². The maximum absolute atomic E-state index is 14.9. The highest BCUT2D eigenvalue weighted by Crippen LogP contribution is 2.38. The summed E-state index contributed by atoms with van der Waals surface area (Å²) in [6.07, 6.45) is 0. The molecule has 26 heavy (non-hydrogen) atoms. The predicted octanol–water partition coefficient (Wildman–Crippen LogP) is 3.35. The van der Waals surface area contributed by atoms with Crippen molar-refractivity contribution in [1.29, 1.82) is 0 Å². The van der Waals surface area contributed by atoms with Crippen molar-refractivity contribution in [1.82, 2.24) is 9.97 Å². The monoisotopic (exact) mass is 362 g/mol. The molecule has 0 unspecified atom stereocenters. The summed E-state index contributed by atoms with van der Waals surface area (Å²) in [4.78, 5) is 7.41. The van der Waals surface area contributed by atoms with E-state index in [4.69, 9.17) is 9.31 Å². The summed E-state index contributed by atoms with van der Waals surface area (Å²) in [6.45, 7) is 15.2. The topological polar surface area (TPSA) is 67.4 Å². The molecule has 0 saturated carbocycles. The van der Waals surface area contributed by atoms with Crippen LogP contribution >= 0.6 is 0 Å². The fraction of sp³-hybridized carbons (Fsp3) is 0.632. The van der Waals surface area contributed by atoms with Gasteiger partial charge in [-0.05, 0) is 64.6 Å². The maximum Gasteiger partial charge on any atom is 0.495 e. The van der Waals surface area contributed by atoms with Crippen LogP contribution in [-0.2, 0) is 14.9 Å². The second kappa shape index (κ2) is 5.78. The van der Waals surface area contributed by atoms with Crippen molar-refractivity contribution in [3.05, 3.63) is 23.3 Å². The maximum atomic E-state index is 14.9. The SMILES string of the molecule is CC(C)c1c(B2OC(C)(C)C(C)(C)O2)cc(F)c2nc(C(C)(C)O)[nH]c12. The Kier molecular flexibility index (Phi) is 4.30. The molecular formula is C19H28BFN2O3. The number of nitrogens with zero attached hydrogens (tertiary/aromatic N) is 1. The lowest BCUT2D eigenvalue weighted by atomic mass is 9.73. The first-order valence-electron chi connectivity index (χ1n) is 9.05. The summed E-state index contributed by atoms with van der Waals surface area (Å²) >= 11 is 0. The minimum absolute atomic E-state index is 0.0854. The van der Waals surface area contributed by atoms with Crippen LogP contribution < -0.4 is 5.46 Å². The highest BCUT2D eigenvalue weighted by atomic mass is 19.1. The third kappa shape index (κ3) is 2.96. The third-order valence-corrected chi connectivity index (χ3v) is 5.46. The zero-order valence-electron chi connectivity index (χ0n) is 16.8. The fourth-order valence-electron chi connectivity index (χ4n) is 3.24. The molecule has 3 rings (SSSR count). The molecule has 2 N–H and O–H groups in total. The average molecular weight is 362 g/mol. The Hall–Kier alpha value is -1.44. The van der Waals surface area contributed by atoms with Gasteiger partial charge in [-0.25, -0.2) is 9.37 Å². The van der Waals surface area contributed by atoms with Gasteiger partial charge in [-0.3, -0.25) is 0 Å². The predicted molar refractivity (Wildman–Crippen MR) is 101 cm³/mol. The summed E-state index contributed by atoms with van der Waals surface area (Å²) in [5.74, 6) is -0.0394. The molecule has 0 aliphatic carbocycles. The Labute approximate surface area is 154 Å². The zero-order chi connectivity index (χ0) is 19.7. The quantitative estimate of drug-likeness (QED) is 0.822. The molecule has 1 aromatic carbocycles. The molecule has 0 bridgehead atoms. The van der Waals surface area contributed by atoms with Gasteiger partial charge in [0.2, 0.25) is 0 Å². The van der Waals surface area contributed by atoms with Crippen molar-refractivity contribution in [3.8, 4) is 0 Å². The number of H-pyrrole nitrogens is 1. The Bertz CT molecular complexity index is 837. The molecule has 0 amide bonds. The van der Waals surface area contributed by atoms with Crippen LogP contribution in [-0.4, -0.2) is 33.4 Å². The largest absolute Gasteiger partial charge is 0.495 e. The van der Waals surface area contributed by atoms with Gasteiger partial charge in [0, 0.05) is 0 Å². The van der Waals surface area contributed by atoms with Gasteiger partial charge in [-0.15, -0.1) is 0 Å². The summed E-state index contributed by atoms with van der Waals surface area (Å²) in [5.41, 5.74) is 0.155. The number of fused-ring (bicyclic) bond motifs is 1. The molecule has 2 heterocycles. The van der Waals surface area contributed by atoms with E-state index in [0.29, 0.717) is 16.8 Å². The summed E-state index contributed by atoms with van der Waals surface area (Å²) < 4.78 is 27.1. The average Bonchev–Trinajstić information content (AvgIpc) is 2.98. The molecule has 2 aromatic rings. The highest BCUT2D eigenvalue weighted by Gasteiger charge is 2.52. The van der Waals surface area contributed by atoms with E-state index in [1.165, 1.54) is 6.07 Å². The molecule has 0 radical (unpaired) electrons. The van der Waals surface area contributed by atoms with Crippen LogP contribution in [0.25, 0.3) is 11.0 Å². The molecule has 0 atom stereocenters. The molecule has 1 aromatic heterocycles. The number of aromatic amines is 1. The zero-order valence-corrected chi connectivity index (χ0v) is 16.8. The van der Waals surface area contributed by atoms with E-state index in [0.717, 1.165) is 5.56 Å². The minimum atomic E-state index is -1.19. The molecular weight excluding hydrogens is 334 g/mol. The number of nitrogens with one attached hydrogen (secondary N) is 1. The van der Waals surface area contributed by atoms with Crippen molar-refractivity contribution < 1.29 is 18.8 Å². The number of aliphatic hydroxyl groups is 1. The number of hydrogen-bond acceptors (Lipinski definition) is 4. The van der Waals surface area contributed by atoms with Crippen molar-refractivity contribution in [3.63, 3.8) is 0 Å². The highest BCUT2D eigenvalue weighted by molar-refractivity contribution is 6.63. The smallest absolute Gasteiger partial charge is 0.399 e. The Morgan fingerprint density at radius 2 is 1.73 bits per heavy atom. The van der Waals surface area contributed by atoms with Crippen LogP contribution in [0, 0.1) is 5.82 Å². The second-order valence-corrected chi connectivity index (χ2v) is 8.97. The van der Waals surface area contributed by atoms with Crippen molar-refractivity contribution in [2.75, 3.05) is 0 Å². The standard InChI is InChI=1S/C19H28BFN2O3/c1-10(2)13-11(20-25-18(5,6)19(7,8)26-20)9-12(21)14-15(13)23-16(22-14)17(3,4)24/h9-10,24H,1-8H3,(H,22,23). The molecule has 1 aliphatic heterocycles. The summed E-state index contributed by atoms with van der Waals surface area (Å²) in [6, 6.07) is 1.45. The lowest BCUT2D eigenvalue weighted by molar-refractivity contribution is 0.00578. The fourth-order valence-corrected chi connectivity index (χ4v) is 3.24. The van der Waals surface area contributed by atoms with Gasteiger partial charge in [0.25, 0.3) is 0 Å². The number of aromatic nitrogens is 2. The normalized spacial score (nSPS) is 19.7. The van der Waals surface area contributed by atoms with Crippen LogP contribution in [0.1, 0.15) is 72.7 Å². The molecule has 1 fully saturated rings. The number of imidazole rings is 1. The van der Waals surface area contributed by atoms with Gasteiger partial charge in [0.1, 0.15) is 16.9 Å². The molecule has 0 spiro atoms. The second-order valence-electron chi connectivity index (χ2n) is 8.97.